The minimum Gasteiger partial charge on any atom is -0.386 e. The van der Waals surface area contributed by atoms with Gasteiger partial charge in [-0.1, -0.05) is 57.2 Å². The molecule has 0 unspecified atom stereocenters. The molecular formula is C41H51N7O4. The summed E-state index contributed by atoms with van der Waals surface area (Å²) in [7, 11) is 0. The van der Waals surface area contributed by atoms with E-state index < -0.39 is 16.6 Å². The van der Waals surface area contributed by atoms with Crippen LogP contribution in [-0.4, -0.2) is 41.1 Å². The Morgan fingerprint density at radius 3 is 1.98 bits per heavy atom. The predicted molar refractivity (Wildman–Crippen MR) is 205 cm³/mol. The van der Waals surface area contributed by atoms with Crippen molar-refractivity contribution in [2.24, 2.45) is 5.41 Å². The van der Waals surface area contributed by atoms with Crippen LogP contribution in [0.1, 0.15) is 111 Å². The number of hydrogen-bond acceptors (Lipinski definition) is 7. The van der Waals surface area contributed by atoms with Crippen LogP contribution in [0.3, 0.4) is 0 Å². The minimum absolute atomic E-state index is 0.0407. The smallest absolute Gasteiger partial charge is 0.232 e. The molecule has 0 spiro atoms. The summed E-state index contributed by atoms with van der Waals surface area (Å²) in [4.78, 5) is 34.3. The number of hydrogen-bond donors (Lipinski definition) is 4. The van der Waals surface area contributed by atoms with E-state index in [1.54, 1.807) is 51.1 Å². The standard InChI is InChI=1S/C22H24N4O2.C19H27N3O2/c1-21(2,3)26-18-12-15(14-23)10-11-17(18)24-20(26)25-19(27)13-22(4,28)16-8-6-5-7-9-16;1-18(2,3)16(23)21-17-20-14-10-9-12(19(4,5)24)11-15(14)22(17)13-7-6-8-13/h5-12,28H,13H2,1-4H3,(H,24,25,27);9-11,13,24H,6-8H2,1-5H3,(H,20,21,23)/t22-;/m0./s1. The average Bonchev–Trinajstić information content (AvgIpc) is 3.56. The number of amides is 2. The first-order valence-corrected chi connectivity index (χ1v) is 17.8. The van der Waals surface area contributed by atoms with Crippen molar-refractivity contribution in [3.8, 4) is 6.07 Å². The summed E-state index contributed by atoms with van der Waals surface area (Å²) in [6.45, 7) is 16.9. The van der Waals surface area contributed by atoms with Gasteiger partial charge < -0.3 is 19.3 Å². The molecule has 3 aromatic carbocycles. The van der Waals surface area contributed by atoms with Crippen molar-refractivity contribution < 1.29 is 19.8 Å². The van der Waals surface area contributed by atoms with Crippen molar-refractivity contribution in [3.63, 3.8) is 0 Å². The first-order chi connectivity index (χ1) is 24.2. The van der Waals surface area contributed by atoms with E-state index in [0.29, 0.717) is 34.6 Å². The first kappa shape index (κ1) is 38.2. The minimum atomic E-state index is -1.29. The highest BCUT2D eigenvalue weighted by Gasteiger charge is 2.31. The molecule has 1 aliphatic carbocycles. The van der Waals surface area contributed by atoms with Crippen LogP contribution in [0, 0.1) is 16.7 Å². The number of nitrogens with one attached hydrogen (secondary N) is 2. The van der Waals surface area contributed by atoms with Gasteiger partial charge in [-0.2, -0.15) is 5.26 Å². The molecule has 2 aromatic heterocycles. The van der Waals surface area contributed by atoms with Gasteiger partial charge in [0.15, 0.2) is 0 Å². The lowest BCUT2D eigenvalue weighted by Gasteiger charge is -2.30. The molecule has 5 aromatic rings. The Morgan fingerprint density at radius 1 is 0.808 bits per heavy atom. The molecule has 11 nitrogen and oxygen atoms in total. The number of imidazole rings is 2. The van der Waals surface area contributed by atoms with Crippen LogP contribution < -0.4 is 10.6 Å². The highest BCUT2D eigenvalue weighted by atomic mass is 16.3. The third-order valence-electron chi connectivity index (χ3n) is 9.35. The van der Waals surface area contributed by atoms with E-state index in [9.17, 15) is 25.1 Å². The number of aromatic nitrogens is 4. The van der Waals surface area contributed by atoms with Crippen LogP contribution in [0.4, 0.5) is 11.9 Å². The third-order valence-corrected chi connectivity index (χ3v) is 9.35. The number of nitriles is 1. The predicted octanol–water partition coefficient (Wildman–Crippen LogP) is 7.87. The second-order valence-corrected chi connectivity index (χ2v) is 16.5. The van der Waals surface area contributed by atoms with Crippen LogP contribution in [-0.2, 0) is 26.3 Å². The molecule has 1 aliphatic rings. The van der Waals surface area contributed by atoms with Gasteiger partial charge in [0.25, 0.3) is 0 Å². The van der Waals surface area contributed by atoms with Crippen molar-refractivity contribution >= 4 is 45.8 Å². The number of aliphatic hydroxyl groups is 2. The van der Waals surface area contributed by atoms with E-state index in [-0.39, 0.29) is 23.8 Å². The van der Waals surface area contributed by atoms with Gasteiger partial charge in [0.05, 0.1) is 51.3 Å². The van der Waals surface area contributed by atoms with E-state index in [1.165, 1.54) is 6.42 Å². The Bertz CT molecular complexity index is 2130. The zero-order valence-corrected chi connectivity index (χ0v) is 31.7. The molecular weight excluding hydrogens is 654 g/mol. The maximum Gasteiger partial charge on any atom is 0.232 e. The fourth-order valence-corrected chi connectivity index (χ4v) is 6.15. The molecule has 6 rings (SSSR count). The van der Waals surface area contributed by atoms with Crippen molar-refractivity contribution in [1.82, 2.24) is 19.1 Å². The summed E-state index contributed by atoms with van der Waals surface area (Å²) >= 11 is 0. The second kappa shape index (κ2) is 14.2. The molecule has 0 saturated heterocycles. The Labute approximate surface area is 305 Å². The summed E-state index contributed by atoms with van der Waals surface area (Å²) in [5.74, 6) is 0.630. The van der Waals surface area contributed by atoms with Gasteiger partial charge in [-0.25, -0.2) is 9.97 Å². The molecule has 1 saturated carbocycles. The van der Waals surface area contributed by atoms with Crippen LogP contribution >= 0.6 is 0 Å². The lowest BCUT2D eigenvalue weighted by Crippen LogP contribution is -2.31. The monoisotopic (exact) mass is 705 g/mol. The zero-order chi connectivity index (χ0) is 38.2. The maximum absolute atomic E-state index is 12.7. The first-order valence-electron chi connectivity index (χ1n) is 17.8. The summed E-state index contributed by atoms with van der Waals surface area (Å²) in [5.41, 5.74) is 2.31. The number of fused-ring (bicyclic) bond motifs is 2. The van der Waals surface area contributed by atoms with Crippen LogP contribution in [0.5, 0.6) is 0 Å². The van der Waals surface area contributed by atoms with E-state index in [4.69, 9.17) is 0 Å². The molecule has 274 valence electrons. The molecule has 2 amide bonds. The van der Waals surface area contributed by atoms with Gasteiger partial charge in [-0.15, -0.1) is 0 Å². The van der Waals surface area contributed by atoms with Crippen LogP contribution in [0.15, 0.2) is 66.7 Å². The molecule has 1 atom stereocenters. The Kier molecular flexibility index (Phi) is 10.4. The molecule has 0 aliphatic heterocycles. The summed E-state index contributed by atoms with van der Waals surface area (Å²) in [5, 5.41) is 36.1. The van der Waals surface area contributed by atoms with Gasteiger partial charge in [0.1, 0.15) is 0 Å². The molecule has 52 heavy (non-hydrogen) atoms. The fourth-order valence-electron chi connectivity index (χ4n) is 6.15. The van der Waals surface area contributed by atoms with E-state index in [1.807, 2.05) is 82.5 Å². The van der Waals surface area contributed by atoms with E-state index in [2.05, 4.69) is 31.2 Å². The van der Waals surface area contributed by atoms with Gasteiger partial charge in [-0.3, -0.25) is 20.2 Å². The molecule has 0 radical (unpaired) electrons. The van der Waals surface area contributed by atoms with Crippen molar-refractivity contribution in [1.29, 1.82) is 5.26 Å². The van der Waals surface area contributed by atoms with E-state index >= 15 is 0 Å². The molecule has 11 heteroatoms. The Balaban J connectivity index is 0.000000203. The topological polar surface area (TPSA) is 158 Å². The average molecular weight is 706 g/mol. The summed E-state index contributed by atoms with van der Waals surface area (Å²) in [6, 6.07) is 22.7. The summed E-state index contributed by atoms with van der Waals surface area (Å²) in [6.07, 6.45) is 3.28. The number of benzene rings is 3. The SMILES string of the molecule is CC(C)(C)C(=O)Nc1nc2ccc(C(C)(C)O)cc2n1C1CCC1.CC(C)(C)n1c(NC(=O)C[C@](C)(O)c2ccccc2)nc2ccc(C#N)cc21. The molecule has 1 fully saturated rings. The number of carbonyl (C=O) groups excluding carboxylic acids is 2. The van der Waals surface area contributed by atoms with Crippen molar-refractivity contribution in [2.75, 3.05) is 10.6 Å². The maximum atomic E-state index is 12.7. The van der Waals surface area contributed by atoms with Crippen LogP contribution in [0.25, 0.3) is 22.1 Å². The zero-order valence-electron chi connectivity index (χ0n) is 31.7. The van der Waals surface area contributed by atoms with Crippen LogP contribution in [0.2, 0.25) is 0 Å². The highest BCUT2D eigenvalue weighted by Crippen LogP contribution is 2.38. The number of carbonyl (C=O) groups is 2. The normalized spacial score (nSPS) is 14.9. The van der Waals surface area contributed by atoms with Gasteiger partial charge >= 0.3 is 0 Å². The number of anilines is 2. The largest absolute Gasteiger partial charge is 0.386 e. The molecule has 0 bridgehead atoms. The third kappa shape index (κ3) is 8.35. The molecule has 2 heterocycles. The Morgan fingerprint density at radius 2 is 1.42 bits per heavy atom. The second-order valence-electron chi connectivity index (χ2n) is 16.5. The van der Waals surface area contributed by atoms with Crippen molar-refractivity contribution in [2.45, 2.75) is 111 Å². The van der Waals surface area contributed by atoms with Gasteiger partial charge in [0.2, 0.25) is 23.7 Å². The molecule has 4 N–H and O–H groups in total. The van der Waals surface area contributed by atoms with Crippen molar-refractivity contribution in [3.05, 3.63) is 83.4 Å². The van der Waals surface area contributed by atoms with E-state index in [0.717, 1.165) is 35.0 Å². The lowest BCUT2D eigenvalue weighted by molar-refractivity contribution is -0.123. The van der Waals surface area contributed by atoms with Gasteiger partial charge in [-0.05, 0) is 102 Å². The van der Waals surface area contributed by atoms with Gasteiger partial charge in [0, 0.05) is 17.0 Å². The Hall–Kier alpha value is -5.05. The fraction of sp³-hybridized carbons (Fsp3) is 0.439. The summed E-state index contributed by atoms with van der Waals surface area (Å²) < 4.78 is 4.04. The number of nitrogens with zero attached hydrogens (tertiary/aromatic N) is 5. The quantitative estimate of drug-likeness (QED) is 0.134. The number of rotatable bonds is 7. The highest BCUT2D eigenvalue weighted by molar-refractivity contribution is 5.95. The lowest BCUT2D eigenvalue weighted by atomic mass is 9.92.